The van der Waals surface area contributed by atoms with Crippen LogP contribution in [0.5, 0.6) is 0 Å². The fraction of sp³-hybridized carbons (Fsp3) is 0.250. The Morgan fingerprint density at radius 3 is 3.15 bits per heavy atom. The molecule has 0 radical (unpaired) electrons. The van der Waals surface area contributed by atoms with Gasteiger partial charge in [0.1, 0.15) is 5.00 Å². The van der Waals surface area contributed by atoms with Crippen LogP contribution in [0.25, 0.3) is 0 Å². The Morgan fingerprint density at radius 1 is 1.85 bits per heavy atom. The molecule has 5 heteroatoms. The molecule has 70 valence electrons. The van der Waals surface area contributed by atoms with Gasteiger partial charge in [0.2, 0.25) is 0 Å². The van der Waals surface area contributed by atoms with Crippen molar-refractivity contribution < 1.29 is 4.79 Å². The number of aryl methyl sites for hydroxylation is 1. The van der Waals surface area contributed by atoms with Crippen LogP contribution in [0.4, 0.5) is 9.80 Å². The summed E-state index contributed by atoms with van der Waals surface area (Å²) in [5.41, 5.74) is 0.907. The number of carbonyl (C=O) groups excluding carboxylic acids is 1. The summed E-state index contributed by atoms with van der Waals surface area (Å²) < 4.78 is 4.03. The second kappa shape index (κ2) is 4.61. The van der Waals surface area contributed by atoms with E-state index in [2.05, 4.69) is 21.6 Å². The Hall–Kier alpha value is -1.36. The van der Waals surface area contributed by atoms with Gasteiger partial charge in [-0.2, -0.15) is 4.37 Å². The number of nitrogens with one attached hydrogen (secondary N) is 2. The summed E-state index contributed by atoms with van der Waals surface area (Å²) in [4.78, 5) is 11.1. The van der Waals surface area contributed by atoms with Gasteiger partial charge in [-0.1, -0.05) is 6.08 Å². The molecule has 2 N–H and O–H groups in total. The first-order valence-electron chi connectivity index (χ1n) is 3.81. The second-order valence-corrected chi connectivity index (χ2v) is 3.26. The topological polar surface area (TPSA) is 54.0 Å². The lowest BCUT2D eigenvalue weighted by Crippen LogP contribution is -2.28. The van der Waals surface area contributed by atoms with E-state index in [4.69, 9.17) is 0 Å². The minimum absolute atomic E-state index is 0.233. The quantitative estimate of drug-likeness (QED) is 0.725. The van der Waals surface area contributed by atoms with E-state index in [0.29, 0.717) is 6.54 Å². The van der Waals surface area contributed by atoms with Crippen molar-refractivity contribution in [2.45, 2.75) is 6.92 Å². The van der Waals surface area contributed by atoms with Crippen molar-refractivity contribution in [2.24, 2.45) is 0 Å². The first-order chi connectivity index (χ1) is 6.22. The molecular formula is C8H11N3OS. The fourth-order valence-electron chi connectivity index (χ4n) is 0.743. The molecule has 0 spiro atoms. The van der Waals surface area contributed by atoms with Crippen LogP contribution < -0.4 is 10.6 Å². The molecule has 2 amide bonds. The van der Waals surface area contributed by atoms with Crippen molar-refractivity contribution in [3.63, 3.8) is 0 Å². The Labute approximate surface area is 80.8 Å². The predicted molar refractivity (Wildman–Crippen MR) is 54.1 cm³/mol. The summed E-state index contributed by atoms with van der Waals surface area (Å²) in [6, 6.07) is 1.58. The van der Waals surface area contributed by atoms with E-state index < -0.39 is 0 Å². The number of amides is 2. The molecule has 1 aromatic rings. The molecule has 0 fully saturated rings. The molecule has 0 saturated carbocycles. The zero-order valence-corrected chi connectivity index (χ0v) is 8.15. The van der Waals surface area contributed by atoms with Crippen LogP contribution in [-0.4, -0.2) is 16.9 Å². The van der Waals surface area contributed by atoms with Gasteiger partial charge in [-0.3, -0.25) is 5.32 Å². The smallest absolute Gasteiger partial charge is 0.320 e. The van der Waals surface area contributed by atoms with Crippen molar-refractivity contribution in [2.75, 3.05) is 11.9 Å². The van der Waals surface area contributed by atoms with Crippen LogP contribution >= 0.6 is 11.5 Å². The molecule has 0 bridgehead atoms. The molecule has 1 heterocycles. The normalized spacial score (nSPS) is 9.31. The lowest BCUT2D eigenvalue weighted by atomic mass is 10.5. The Balaban J connectivity index is 2.40. The largest absolute Gasteiger partial charge is 0.334 e. The maximum atomic E-state index is 11.1. The highest BCUT2D eigenvalue weighted by molar-refractivity contribution is 7.10. The van der Waals surface area contributed by atoms with Gasteiger partial charge in [-0.05, 0) is 24.5 Å². The lowest BCUT2D eigenvalue weighted by Gasteiger charge is -2.01. The maximum Gasteiger partial charge on any atom is 0.320 e. The summed E-state index contributed by atoms with van der Waals surface area (Å²) in [6.45, 7) is 5.83. The molecule has 0 aliphatic rings. The zero-order valence-electron chi connectivity index (χ0n) is 7.33. The highest BCUT2D eigenvalue weighted by Crippen LogP contribution is 2.14. The molecule has 0 saturated heterocycles. The van der Waals surface area contributed by atoms with E-state index in [0.717, 1.165) is 10.7 Å². The van der Waals surface area contributed by atoms with Gasteiger partial charge in [0.05, 0.1) is 5.69 Å². The average Bonchev–Trinajstić information content (AvgIpc) is 2.48. The van der Waals surface area contributed by atoms with Gasteiger partial charge in [-0.15, -0.1) is 6.58 Å². The van der Waals surface area contributed by atoms with Crippen molar-refractivity contribution in [3.8, 4) is 0 Å². The van der Waals surface area contributed by atoms with Gasteiger partial charge < -0.3 is 5.32 Å². The number of hydrogen-bond acceptors (Lipinski definition) is 3. The minimum atomic E-state index is -0.233. The van der Waals surface area contributed by atoms with E-state index in [1.54, 1.807) is 6.08 Å². The van der Waals surface area contributed by atoms with Gasteiger partial charge in [0, 0.05) is 6.54 Å². The van der Waals surface area contributed by atoms with Gasteiger partial charge in [0.25, 0.3) is 0 Å². The van der Waals surface area contributed by atoms with Crippen LogP contribution in [0.2, 0.25) is 0 Å². The zero-order chi connectivity index (χ0) is 9.68. The number of hydrogen-bond donors (Lipinski definition) is 2. The number of aromatic nitrogens is 1. The second-order valence-electron chi connectivity index (χ2n) is 2.46. The molecule has 4 nitrogen and oxygen atoms in total. The SMILES string of the molecule is C=CCNC(=O)Nc1cc(C)ns1. The van der Waals surface area contributed by atoms with Gasteiger partial charge in [-0.25, -0.2) is 4.79 Å². The number of anilines is 1. The van der Waals surface area contributed by atoms with E-state index in [-0.39, 0.29) is 6.03 Å². The molecule has 1 rings (SSSR count). The summed E-state index contributed by atoms with van der Waals surface area (Å²) in [5, 5.41) is 6.01. The average molecular weight is 197 g/mol. The number of urea groups is 1. The molecule has 0 aliphatic carbocycles. The van der Waals surface area contributed by atoms with Crippen LogP contribution in [0.3, 0.4) is 0 Å². The first kappa shape index (κ1) is 9.73. The van der Waals surface area contributed by atoms with Crippen LogP contribution in [0.1, 0.15) is 5.69 Å². The summed E-state index contributed by atoms with van der Waals surface area (Å²) in [7, 11) is 0. The number of rotatable bonds is 3. The third-order valence-electron chi connectivity index (χ3n) is 1.27. The fourth-order valence-corrected chi connectivity index (χ4v) is 1.40. The van der Waals surface area contributed by atoms with Crippen molar-refractivity contribution >= 4 is 22.6 Å². The molecule has 0 unspecified atom stereocenters. The molecule has 1 aromatic heterocycles. The highest BCUT2D eigenvalue weighted by atomic mass is 32.1. The van der Waals surface area contributed by atoms with Gasteiger partial charge >= 0.3 is 6.03 Å². The monoisotopic (exact) mass is 197 g/mol. The van der Waals surface area contributed by atoms with Crippen LogP contribution in [0, 0.1) is 6.92 Å². The van der Waals surface area contributed by atoms with Gasteiger partial charge in [0.15, 0.2) is 0 Å². The Bertz CT molecular complexity index is 308. The summed E-state index contributed by atoms with van der Waals surface area (Å²) in [5.74, 6) is 0. The standard InChI is InChI=1S/C8H11N3OS/c1-3-4-9-8(12)10-7-5-6(2)11-13-7/h3,5H,1,4H2,2H3,(H2,9,10,12). The maximum absolute atomic E-state index is 11.1. The van der Waals surface area contributed by atoms with E-state index >= 15 is 0 Å². The summed E-state index contributed by atoms with van der Waals surface area (Å²) >= 11 is 1.26. The predicted octanol–water partition coefficient (Wildman–Crippen LogP) is 1.76. The van der Waals surface area contributed by atoms with Crippen LogP contribution in [0.15, 0.2) is 18.7 Å². The highest BCUT2D eigenvalue weighted by Gasteiger charge is 2.01. The minimum Gasteiger partial charge on any atom is -0.334 e. The van der Waals surface area contributed by atoms with E-state index in [9.17, 15) is 4.79 Å². The number of carbonyl (C=O) groups is 1. The van der Waals surface area contributed by atoms with E-state index in [1.807, 2.05) is 13.0 Å². The van der Waals surface area contributed by atoms with Crippen LogP contribution in [-0.2, 0) is 0 Å². The van der Waals surface area contributed by atoms with E-state index in [1.165, 1.54) is 11.5 Å². The Morgan fingerprint density at radius 2 is 2.62 bits per heavy atom. The number of nitrogens with zero attached hydrogens (tertiary/aromatic N) is 1. The molecular weight excluding hydrogens is 186 g/mol. The third kappa shape index (κ3) is 3.25. The summed E-state index contributed by atoms with van der Waals surface area (Å²) in [6.07, 6.45) is 1.62. The lowest BCUT2D eigenvalue weighted by molar-refractivity contribution is 0.253. The molecule has 0 aromatic carbocycles. The third-order valence-corrected chi connectivity index (χ3v) is 2.07. The molecule has 0 aliphatic heterocycles. The van der Waals surface area contributed by atoms with Crippen molar-refractivity contribution in [1.29, 1.82) is 0 Å². The molecule has 13 heavy (non-hydrogen) atoms. The van der Waals surface area contributed by atoms with Crippen molar-refractivity contribution in [3.05, 3.63) is 24.4 Å². The van der Waals surface area contributed by atoms with Crippen molar-refractivity contribution in [1.82, 2.24) is 9.69 Å². The Kier molecular flexibility index (Phi) is 3.45. The first-order valence-corrected chi connectivity index (χ1v) is 4.59. The molecule has 0 atom stereocenters.